The Labute approximate surface area is 150 Å². The number of amides is 2. The molecule has 7 nitrogen and oxygen atoms in total. The molecule has 26 heavy (non-hydrogen) atoms. The quantitative estimate of drug-likeness (QED) is 0.849. The monoisotopic (exact) mass is 357 g/mol. The molecular weight excluding hydrogens is 337 g/mol. The van der Waals surface area contributed by atoms with E-state index < -0.39 is 0 Å². The van der Waals surface area contributed by atoms with Crippen molar-refractivity contribution in [2.75, 3.05) is 37.6 Å². The normalized spacial score (nSPS) is 14.2. The Balaban J connectivity index is 1.42. The van der Waals surface area contributed by atoms with Crippen LogP contribution < -0.4 is 10.2 Å². The molecule has 1 fully saturated rings. The third-order valence-corrected chi connectivity index (χ3v) is 4.16. The zero-order chi connectivity index (χ0) is 18.4. The zero-order valence-electron chi connectivity index (χ0n) is 14.3. The van der Waals surface area contributed by atoms with Crippen molar-refractivity contribution in [1.29, 1.82) is 0 Å². The number of rotatable bonds is 5. The molecule has 0 unspecified atom stereocenters. The molecule has 0 radical (unpaired) electrons. The van der Waals surface area contributed by atoms with Gasteiger partial charge in [-0.2, -0.15) is 0 Å². The summed E-state index contributed by atoms with van der Waals surface area (Å²) in [5.41, 5.74) is 0.575. The number of hydrogen-bond donors (Lipinski definition) is 1. The molecule has 8 heteroatoms. The van der Waals surface area contributed by atoms with Crippen LogP contribution in [0.15, 0.2) is 42.7 Å². The number of anilines is 1. The smallest absolute Gasteiger partial charge is 0.242 e. The molecule has 0 aliphatic carbocycles. The Bertz CT molecular complexity index is 763. The lowest BCUT2D eigenvalue weighted by molar-refractivity contribution is -0.133. The van der Waals surface area contributed by atoms with Gasteiger partial charge in [0.05, 0.1) is 13.0 Å². The lowest BCUT2D eigenvalue weighted by Crippen LogP contribution is -2.51. The topological polar surface area (TPSA) is 78.4 Å². The summed E-state index contributed by atoms with van der Waals surface area (Å²) in [6.07, 6.45) is 3.42. The van der Waals surface area contributed by atoms with Gasteiger partial charge >= 0.3 is 0 Å². The van der Waals surface area contributed by atoms with E-state index in [9.17, 15) is 14.0 Å². The molecule has 2 amide bonds. The van der Waals surface area contributed by atoms with Crippen LogP contribution in [-0.2, 0) is 16.0 Å². The Morgan fingerprint density at radius 1 is 1.08 bits per heavy atom. The van der Waals surface area contributed by atoms with Crippen LogP contribution in [0.25, 0.3) is 0 Å². The molecular formula is C18H20FN5O2. The maximum atomic E-state index is 13.1. The number of carbonyl (C=O) groups is 2. The highest BCUT2D eigenvalue weighted by atomic mass is 19.1. The Hall–Kier alpha value is -3.03. The molecule has 2 aromatic rings. The predicted octanol–water partition coefficient (Wildman–Crippen LogP) is 0.623. The van der Waals surface area contributed by atoms with E-state index in [0.29, 0.717) is 37.7 Å². The van der Waals surface area contributed by atoms with E-state index in [1.807, 2.05) is 4.90 Å². The van der Waals surface area contributed by atoms with Crippen molar-refractivity contribution >= 4 is 17.8 Å². The first-order valence-corrected chi connectivity index (χ1v) is 8.43. The van der Waals surface area contributed by atoms with Gasteiger partial charge in [-0.1, -0.05) is 12.1 Å². The van der Waals surface area contributed by atoms with Crippen LogP contribution in [0.4, 0.5) is 10.3 Å². The third-order valence-electron chi connectivity index (χ3n) is 4.16. The second kappa shape index (κ2) is 8.37. The van der Waals surface area contributed by atoms with Crippen molar-refractivity contribution in [1.82, 2.24) is 20.2 Å². The molecule has 0 atom stereocenters. The minimum absolute atomic E-state index is 0.0458. The lowest BCUT2D eigenvalue weighted by atomic mass is 10.1. The van der Waals surface area contributed by atoms with Crippen molar-refractivity contribution in [3.63, 3.8) is 0 Å². The van der Waals surface area contributed by atoms with E-state index >= 15 is 0 Å². The average Bonchev–Trinajstić information content (AvgIpc) is 2.67. The van der Waals surface area contributed by atoms with Gasteiger partial charge < -0.3 is 15.1 Å². The molecule has 1 aromatic carbocycles. The molecule has 1 N–H and O–H groups in total. The second-order valence-electron chi connectivity index (χ2n) is 6.00. The summed E-state index contributed by atoms with van der Waals surface area (Å²) in [5, 5.41) is 2.60. The highest BCUT2D eigenvalue weighted by Gasteiger charge is 2.22. The standard InChI is InChI=1S/C18H20FN5O2/c19-15-4-1-3-14(11-15)12-16(25)22-13-17(26)23-7-9-24(10-8-23)18-20-5-2-6-21-18/h1-6,11H,7-10,12-13H2,(H,22,25). The molecule has 2 heterocycles. The summed E-state index contributed by atoms with van der Waals surface area (Å²) < 4.78 is 13.1. The van der Waals surface area contributed by atoms with E-state index in [0.717, 1.165) is 0 Å². The van der Waals surface area contributed by atoms with Crippen LogP contribution in [0.1, 0.15) is 5.56 Å². The number of piperazine rings is 1. The van der Waals surface area contributed by atoms with Gasteiger partial charge in [-0.3, -0.25) is 9.59 Å². The van der Waals surface area contributed by atoms with E-state index in [1.165, 1.54) is 12.1 Å². The minimum Gasteiger partial charge on any atom is -0.347 e. The first-order valence-electron chi connectivity index (χ1n) is 8.43. The van der Waals surface area contributed by atoms with Crippen LogP contribution in [0, 0.1) is 5.82 Å². The van der Waals surface area contributed by atoms with Crippen molar-refractivity contribution < 1.29 is 14.0 Å². The summed E-state index contributed by atoms with van der Waals surface area (Å²) in [4.78, 5) is 36.3. The van der Waals surface area contributed by atoms with Gasteiger partial charge in [-0.25, -0.2) is 14.4 Å². The highest BCUT2D eigenvalue weighted by Crippen LogP contribution is 2.09. The van der Waals surface area contributed by atoms with E-state index in [2.05, 4.69) is 15.3 Å². The van der Waals surface area contributed by atoms with Gasteiger partial charge in [0.2, 0.25) is 17.8 Å². The maximum Gasteiger partial charge on any atom is 0.242 e. The van der Waals surface area contributed by atoms with Crippen LogP contribution in [0.5, 0.6) is 0 Å². The van der Waals surface area contributed by atoms with Gasteiger partial charge in [0, 0.05) is 38.6 Å². The fourth-order valence-corrected chi connectivity index (χ4v) is 2.79. The fraction of sp³-hybridized carbons (Fsp3) is 0.333. The number of aromatic nitrogens is 2. The molecule has 1 aliphatic heterocycles. The number of nitrogens with one attached hydrogen (secondary N) is 1. The molecule has 0 bridgehead atoms. The Morgan fingerprint density at radius 3 is 2.50 bits per heavy atom. The van der Waals surface area contributed by atoms with Gasteiger partial charge in [0.25, 0.3) is 0 Å². The molecule has 0 saturated carbocycles. The summed E-state index contributed by atoms with van der Waals surface area (Å²) in [5.74, 6) is -0.166. The van der Waals surface area contributed by atoms with Crippen LogP contribution >= 0.6 is 0 Å². The average molecular weight is 357 g/mol. The molecule has 3 rings (SSSR count). The van der Waals surface area contributed by atoms with Gasteiger partial charge in [-0.05, 0) is 23.8 Å². The number of benzene rings is 1. The highest BCUT2D eigenvalue weighted by molar-refractivity contribution is 5.85. The molecule has 1 aliphatic rings. The number of halogens is 1. The largest absolute Gasteiger partial charge is 0.347 e. The molecule has 1 aromatic heterocycles. The third kappa shape index (κ3) is 4.75. The lowest BCUT2D eigenvalue weighted by Gasteiger charge is -2.34. The van der Waals surface area contributed by atoms with Crippen LogP contribution in [0.2, 0.25) is 0 Å². The Morgan fingerprint density at radius 2 is 1.81 bits per heavy atom. The van der Waals surface area contributed by atoms with E-state index in [4.69, 9.17) is 0 Å². The second-order valence-corrected chi connectivity index (χ2v) is 6.00. The zero-order valence-corrected chi connectivity index (χ0v) is 14.3. The molecule has 136 valence electrons. The van der Waals surface area contributed by atoms with Gasteiger partial charge in [0.15, 0.2) is 0 Å². The summed E-state index contributed by atoms with van der Waals surface area (Å²) in [6, 6.07) is 7.63. The van der Waals surface area contributed by atoms with Crippen molar-refractivity contribution in [3.8, 4) is 0 Å². The number of nitrogens with zero attached hydrogens (tertiary/aromatic N) is 4. The maximum absolute atomic E-state index is 13.1. The predicted molar refractivity (Wildman–Crippen MR) is 93.9 cm³/mol. The first kappa shape index (κ1) is 17.8. The fourth-order valence-electron chi connectivity index (χ4n) is 2.79. The van der Waals surface area contributed by atoms with Crippen molar-refractivity contribution in [2.24, 2.45) is 0 Å². The van der Waals surface area contributed by atoms with Crippen molar-refractivity contribution in [2.45, 2.75) is 6.42 Å². The van der Waals surface area contributed by atoms with Crippen LogP contribution in [0.3, 0.4) is 0 Å². The summed E-state index contributed by atoms with van der Waals surface area (Å²) >= 11 is 0. The first-order chi connectivity index (χ1) is 12.6. The summed E-state index contributed by atoms with van der Waals surface area (Å²) in [7, 11) is 0. The minimum atomic E-state index is -0.383. The van der Waals surface area contributed by atoms with E-state index in [1.54, 1.807) is 35.5 Å². The summed E-state index contributed by atoms with van der Waals surface area (Å²) in [6.45, 7) is 2.34. The molecule has 0 spiro atoms. The SMILES string of the molecule is O=C(Cc1cccc(F)c1)NCC(=O)N1CCN(c2ncccn2)CC1. The number of hydrogen-bond acceptors (Lipinski definition) is 5. The van der Waals surface area contributed by atoms with Gasteiger partial charge in [-0.15, -0.1) is 0 Å². The van der Waals surface area contributed by atoms with Crippen LogP contribution in [-0.4, -0.2) is 59.4 Å². The van der Waals surface area contributed by atoms with E-state index in [-0.39, 0.29) is 30.6 Å². The van der Waals surface area contributed by atoms with Gasteiger partial charge in [0.1, 0.15) is 5.82 Å². The number of carbonyl (C=O) groups excluding carboxylic acids is 2. The Kier molecular flexibility index (Phi) is 5.73. The van der Waals surface area contributed by atoms with Crippen molar-refractivity contribution in [3.05, 3.63) is 54.1 Å². The molecule has 1 saturated heterocycles.